The van der Waals surface area contributed by atoms with E-state index in [4.69, 9.17) is 9.47 Å². The molecule has 0 spiro atoms. The molecule has 4 nitrogen and oxygen atoms in total. The molecule has 2 aromatic carbocycles. The molecule has 4 heteroatoms. The van der Waals surface area contributed by atoms with Crippen molar-refractivity contribution in [2.75, 3.05) is 6.61 Å². The molecule has 1 fully saturated rings. The lowest BCUT2D eigenvalue weighted by atomic mass is 10.2. The van der Waals surface area contributed by atoms with Crippen LogP contribution in [0.1, 0.15) is 18.4 Å². The fourth-order valence-corrected chi connectivity index (χ4v) is 2.88. The van der Waals surface area contributed by atoms with Gasteiger partial charge in [-0.05, 0) is 30.5 Å². The number of ether oxygens (including phenoxy) is 2. The van der Waals surface area contributed by atoms with Crippen LogP contribution in [0, 0.1) is 0 Å². The van der Waals surface area contributed by atoms with Crippen molar-refractivity contribution < 1.29 is 14.3 Å². The summed E-state index contributed by atoms with van der Waals surface area (Å²) in [6, 6.07) is 17.9. The molecular weight excluding hydrogens is 290 g/mol. The maximum Gasteiger partial charge on any atom is 0.267 e. The van der Waals surface area contributed by atoms with Crippen molar-refractivity contribution in [3.05, 3.63) is 60.2 Å². The van der Waals surface area contributed by atoms with E-state index in [2.05, 4.69) is 12.1 Å². The molecule has 0 unspecified atom stereocenters. The third kappa shape index (κ3) is 3.02. The number of fused-ring (bicyclic) bond motifs is 1. The summed E-state index contributed by atoms with van der Waals surface area (Å²) < 4.78 is 11.6. The minimum absolute atomic E-state index is 0.0193. The molecule has 0 saturated heterocycles. The molecule has 1 saturated carbocycles. The predicted octanol–water partition coefficient (Wildman–Crippen LogP) is 3.02. The maximum atomic E-state index is 12.9. The first-order valence-electron chi connectivity index (χ1n) is 8.04. The lowest BCUT2D eigenvalue weighted by molar-refractivity contribution is -0.142. The van der Waals surface area contributed by atoms with Gasteiger partial charge in [0.2, 0.25) is 6.10 Å². The normalized spacial score (nSPS) is 19.2. The van der Waals surface area contributed by atoms with Crippen molar-refractivity contribution in [3.63, 3.8) is 0 Å². The zero-order chi connectivity index (χ0) is 15.6. The number of hydrogen-bond acceptors (Lipinski definition) is 3. The smallest absolute Gasteiger partial charge is 0.267 e. The lowest BCUT2D eigenvalue weighted by Crippen LogP contribution is -2.47. The number of benzene rings is 2. The summed E-state index contributed by atoms with van der Waals surface area (Å²) >= 11 is 0. The molecule has 1 atom stereocenters. The van der Waals surface area contributed by atoms with Crippen LogP contribution in [0.4, 0.5) is 0 Å². The number of amides is 1. The van der Waals surface area contributed by atoms with Gasteiger partial charge in [0.25, 0.3) is 5.91 Å². The Labute approximate surface area is 135 Å². The van der Waals surface area contributed by atoms with E-state index in [0.717, 1.165) is 18.4 Å². The van der Waals surface area contributed by atoms with Gasteiger partial charge in [-0.2, -0.15) is 0 Å². The Kier molecular flexibility index (Phi) is 3.66. The van der Waals surface area contributed by atoms with Crippen LogP contribution in [0.25, 0.3) is 0 Å². The summed E-state index contributed by atoms with van der Waals surface area (Å²) in [5.74, 6) is 1.37. The molecule has 0 aromatic heterocycles. The summed E-state index contributed by atoms with van der Waals surface area (Å²) in [6.07, 6.45) is 1.58. The molecule has 118 valence electrons. The van der Waals surface area contributed by atoms with Gasteiger partial charge in [0.15, 0.2) is 11.5 Å². The average molecular weight is 309 g/mol. The molecule has 0 radical (unpaired) electrons. The van der Waals surface area contributed by atoms with Crippen molar-refractivity contribution in [2.45, 2.75) is 31.5 Å². The number of carbonyl (C=O) groups excluding carboxylic acids is 1. The molecule has 0 N–H and O–H groups in total. The van der Waals surface area contributed by atoms with E-state index < -0.39 is 6.10 Å². The van der Waals surface area contributed by atoms with Crippen LogP contribution < -0.4 is 9.47 Å². The number of para-hydroxylation sites is 2. The monoisotopic (exact) mass is 309 g/mol. The summed E-state index contributed by atoms with van der Waals surface area (Å²) in [5, 5.41) is 0. The van der Waals surface area contributed by atoms with Gasteiger partial charge in [-0.15, -0.1) is 0 Å². The average Bonchev–Trinajstić information content (AvgIpc) is 3.44. The van der Waals surface area contributed by atoms with Gasteiger partial charge in [-0.3, -0.25) is 4.79 Å². The van der Waals surface area contributed by atoms with Crippen molar-refractivity contribution in [1.29, 1.82) is 0 Å². The van der Waals surface area contributed by atoms with E-state index in [-0.39, 0.29) is 12.5 Å². The molecule has 1 amide bonds. The van der Waals surface area contributed by atoms with E-state index in [1.165, 1.54) is 0 Å². The third-order valence-corrected chi connectivity index (χ3v) is 4.25. The van der Waals surface area contributed by atoms with E-state index >= 15 is 0 Å². The number of nitrogens with zero attached hydrogens (tertiary/aromatic N) is 1. The number of hydrogen-bond donors (Lipinski definition) is 0. The molecule has 1 aliphatic carbocycles. The van der Waals surface area contributed by atoms with Crippen molar-refractivity contribution in [2.24, 2.45) is 0 Å². The van der Waals surface area contributed by atoms with Crippen molar-refractivity contribution in [3.8, 4) is 11.5 Å². The maximum absolute atomic E-state index is 12.9. The predicted molar refractivity (Wildman–Crippen MR) is 86.4 cm³/mol. The van der Waals surface area contributed by atoms with Crippen LogP contribution in [0.15, 0.2) is 54.6 Å². The standard InChI is InChI=1S/C19H19NO3/c21-19(18-13-22-16-8-4-5-9-17(16)23-18)20(15-10-11-15)12-14-6-2-1-3-7-14/h1-9,15,18H,10-13H2/t18-/m0/s1. The highest BCUT2D eigenvalue weighted by atomic mass is 16.6. The highest BCUT2D eigenvalue weighted by Gasteiger charge is 2.38. The Balaban J connectivity index is 1.50. The summed E-state index contributed by atoms with van der Waals surface area (Å²) in [5.41, 5.74) is 1.14. The SMILES string of the molecule is O=C([C@@H]1COc2ccccc2O1)N(Cc1ccccc1)C1CC1. The van der Waals surface area contributed by atoms with Crippen LogP contribution in [0.5, 0.6) is 11.5 Å². The van der Waals surface area contributed by atoms with Gasteiger partial charge < -0.3 is 14.4 Å². The molecule has 2 aliphatic rings. The first-order chi connectivity index (χ1) is 11.3. The Hall–Kier alpha value is -2.49. The van der Waals surface area contributed by atoms with Crippen LogP contribution in [-0.2, 0) is 11.3 Å². The third-order valence-electron chi connectivity index (χ3n) is 4.25. The summed E-state index contributed by atoms with van der Waals surface area (Å²) in [7, 11) is 0. The van der Waals surface area contributed by atoms with Crippen LogP contribution in [0.2, 0.25) is 0 Å². The van der Waals surface area contributed by atoms with Gasteiger partial charge >= 0.3 is 0 Å². The van der Waals surface area contributed by atoms with Gasteiger partial charge in [0.05, 0.1) is 0 Å². The molecule has 0 bridgehead atoms. The molecule has 1 heterocycles. The quantitative estimate of drug-likeness (QED) is 0.871. The topological polar surface area (TPSA) is 38.8 Å². The fraction of sp³-hybridized carbons (Fsp3) is 0.316. The Morgan fingerprint density at radius 2 is 1.70 bits per heavy atom. The van der Waals surface area contributed by atoms with E-state index in [9.17, 15) is 4.79 Å². The van der Waals surface area contributed by atoms with E-state index in [1.54, 1.807) is 0 Å². The molecule has 2 aromatic rings. The largest absolute Gasteiger partial charge is 0.485 e. The Bertz CT molecular complexity index is 697. The van der Waals surface area contributed by atoms with Crippen LogP contribution in [-0.4, -0.2) is 29.6 Å². The van der Waals surface area contributed by atoms with Crippen LogP contribution >= 0.6 is 0 Å². The summed E-state index contributed by atoms with van der Waals surface area (Å²) in [6.45, 7) is 0.902. The van der Waals surface area contributed by atoms with E-state index in [1.807, 2.05) is 47.4 Å². The lowest BCUT2D eigenvalue weighted by Gasteiger charge is -2.31. The second-order valence-corrected chi connectivity index (χ2v) is 6.05. The second-order valence-electron chi connectivity index (χ2n) is 6.05. The fourth-order valence-electron chi connectivity index (χ4n) is 2.88. The van der Waals surface area contributed by atoms with Crippen molar-refractivity contribution >= 4 is 5.91 Å². The highest BCUT2D eigenvalue weighted by Crippen LogP contribution is 2.33. The molecular formula is C19H19NO3. The Morgan fingerprint density at radius 3 is 2.43 bits per heavy atom. The first-order valence-corrected chi connectivity index (χ1v) is 8.04. The minimum atomic E-state index is -0.561. The molecule has 23 heavy (non-hydrogen) atoms. The molecule has 1 aliphatic heterocycles. The van der Waals surface area contributed by atoms with Gasteiger partial charge in [-0.25, -0.2) is 0 Å². The van der Waals surface area contributed by atoms with Gasteiger partial charge in [0, 0.05) is 12.6 Å². The summed E-state index contributed by atoms with van der Waals surface area (Å²) in [4.78, 5) is 14.9. The second kappa shape index (κ2) is 5.95. The zero-order valence-corrected chi connectivity index (χ0v) is 12.9. The minimum Gasteiger partial charge on any atom is -0.485 e. The molecule has 4 rings (SSSR count). The first kappa shape index (κ1) is 14.1. The van der Waals surface area contributed by atoms with E-state index in [0.29, 0.717) is 24.1 Å². The highest BCUT2D eigenvalue weighted by molar-refractivity contribution is 5.82. The van der Waals surface area contributed by atoms with Gasteiger partial charge in [0.1, 0.15) is 6.61 Å². The Morgan fingerprint density at radius 1 is 1.00 bits per heavy atom. The van der Waals surface area contributed by atoms with Crippen molar-refractivity contribution in [1.82, 2.24) is 4.90 Å². The number of rotatable bonds is 4. The zero-order valence-electron chi connectivity index (χ0n) is 12.9. The number of carbonyl (C=O) groups is 1. The van der Waals surface area contributed by atoms with Crippen LogP contribution in [0.3, 0.4) is 0 Å². The van der Waals surface area contributed by atoms with Gasteiger partial charge in [-0.1, -0.05) is 42.5 Å².